The Labute approximate surface area is 121 Å². The van der Waals surface area contributed by atoms with Crippen LogP contribution in [0.25, 0.3) is 10.8 Å². The topological polar surface area (TPSA) is 45.1 Å². The largest absolute Gasteiger partial charge is 0.385 e. The molecule has 0 aliphatic heterocycles. The van der Waals surface area contributed by atoms with E-state index in [1.165, 1.54) is 0 Å². The summed E-state index contributed by atoms with van der Waals surface area (Å²) < 4.78 is 0. The maximum absolute atomic E-state index is 10.8. The number of aromatic nitrogens is 1. The summed E-state index contributed by atoms with van der Waals surface area (Å²) >= 11 is 0. The summed E-state index contributed by atoms with van der Waals surface area (Å²) in [5.74, 6) is 0. The van der Waals surface area contributed by atoms with Crippen molar-refractivity contribution in [3.63, 3.8) is 0 Å². The fourth-order valence-corrected chi connectivity index (χ4v) is 2.36. The summed E-state index contributed by atoms with van der Waals surface area (Å²) in [6.07, 6.45) is 4.27. The van der Waals surface area contributed by atoms with E-state index in [4.69, 9.17) is 0 Å². The monoisotopic (exact) mass is 272 g/mol. The van der Waals surface area contributed by atoms with Crippen molar-refractivity contribution in [1.29, 1.82) is 0 Å². The van der Waals surface area contributed by atoms with E-state index in [1.807, 2.05) is 37.4 Å². The number of fused-ring (bicyclic) bond motifs is 1. The zero-order valence-corrected chi connectivity index (χ0v) is 12.8. The van der Waals surface area contributed by atoms with Gasteiger partial charge in [0.25, 0.3) is 0 Å². The normalized spacial score (nSPS) is 15.2. The van der Waals surface area contributed by atoms with E-state index in [-0.39, 0.29) is 5.54 Å². The van der Waals surface area contributed by atoms with Gasteiger partial charge >= 0.3 is 0 Å². The van der Waals surface area contributed by atoms with Crippen LogP contribution in [0.1, 0.15) is 39.7 Å². The number of hydrogen-bond acceptors (Lipinski definition) is 3. The summed E-state index contributed by atoms with van der Waals surface area (Å²) in [7, 11) is 0. The highest BCUT2D eigenvalue weighted by molar-refractivity contribution is 5.85. The summed E-state index contributed by atoms with van der Waals surface area (Å²) in [5.41, 5.74) is 0.0745. The van der Waals surface area contributed by atoms with E-state index >= 15 is 0 Å². The minimum Gasteiger partial charge on any atom is -0.385 e. The van der Waals surface area contributed by atoms with Crippen LogP contribution in [0.2, 0.25) is 0 Å². The Kier molecular flexibility index (Phi) is 4.11. The number of hydrogen-bond donors (Lipinski definition) is 2. The van der Waals surface area contributed by atoms with Gasteiger partial charge in [0, 0.05) is 28.9 Å². The number of nitrogens with one attached hydrogen (secondary N) is 1. The highest BCUT2D eigenvalue weighted by atomic mass is 16.3. The van der Waals surface area contributed by atoms with Gasteiger partial charge in [-0.2, -0.15) is 0 Å². The Morgan fingerprint density at radius 1 is 1.10 bits per heavy atom. The zero-order chi connectivity index (χ0) is 14.8. The van der Waals surface area contributed by atoms with Gasteiger partial charge in [-0.1, -0.05) is 24.3 Å². The van der Waals surface area contributed by atoms with Gasteiger partial charge in [0.15, 0.2) is 0 Å². The molecule has 0 bridgehead atoms. The lowest BCUT2D eigenvalue weighted by molar-refractivity contribution is 0.0476. The minimum atomic E-state index is -0.883. The molecule has 1 unspecified atom stereocenters. The molecule has 20 heavy (non-hydrogen) atoms. The Morgan fingerprint density at radius 3 is 2.50 bits per heavy atom. The lowest BCUT2D eigenvalue weighted by atomic mass is 9.90. The van der Waals surface area contributed by atoms with E-state index in [1.54, 1.807) is 6.20 Å². The maximum atomic E-state index is 10.8. The van der Waals surface area contributed by atoms with Crippen molar-refractivity contribution >= 4 is 10.8 Å². The summed E-state index contributed by atoms with van der Waals surface area (Å²) in [6.45, 7) is 9.00. The number of nitrogens with zero attached hydrogens (tertiary/aromatic N) is 1. The van der Waals surface area contributed by atoms with Crippen molar-refractivity contribution in [3.8, 4) is 0 Å². The molecular weight excluding hydrogens is 248 g/mol. The molecule has 0 radical (unpaired) electrons. The second kappa shape index (κ2) is 5.51. The maximum Gasteiger partial charge on any atom is 0.0901 e. The first-order valence-corrected chi connectivity index (χ1v) is 7.10. The molecule has 3 nitrogen and oxygen atoms in total. The Bertz CT molecular complexity index is 580. The van der Waals surface area contributed by atoms with E-state index in [0.717, 1.165) is 22.9 Å². The van der Waals surface area contributed by atoms with Gasteiger partial charge in [0.1, 0.15) is 0 Å². The van der Waals surface area contributed by atoms with E-state index < -0.39 is 5.60 Å². The molecule has 2 N–H and O–H groups in total. The average molecular weight is 272 g/mol. The predicted octanol–water partition coefficient (Wildman–Crippen LogP) is 3.22. The summed E-state index contributed by atoms with van der Waals surface area (Å²) in [5, 5.41) is 16.4. The molecule has 1 atom stereocenters. The predicted molar refractivity (Wildman–Crippen MR) is 83.7 cm³/mol. The third kappa shape index (κ3) is 3.56. The van der Waals surface area contributed by atoms with Crippen LogP contribution in [0, 0.1) is 0 Å². The number of benzene rings is 1. The molecule has 108 valence electrons. The molecule has 0 amide bonds. The molecule has 0 fully saturated rings. The van der Waals surface area contributed by atoms with Crippen LogP contribution in [0.3, 0.4) is 0 Å². The van der Waals surface area contributed by atoms with Crippen molar-refractivity contribution in [2.24, 2.45) is 0 Å². The van der Waals surface area contributed by atoms with Crippen molar-refractivity contribution in [1.82, 2.24) is 10.3 Å². The van der Waals surface area contributed by atoms with E-state index in [2.05, 4.69) is 31.1 Å². The first kappa shape index (κ1) is 14.9. The molecule has 0 spiro atoms. The zero-order valence-electron chi connectivity index (χ0n) is 12.8. The average Bonchev–Trinajstić information content (AvgIpc) is 2.36. The van der Waals surface area contributed by atoms with Crippen LogP contribution in [0.4, 0.5) is 0 Å². The summed E-state index contributed by atoms with van der Waals surface area (Å²) in [6, 6.07) is 8.05. The van der Waals surface area contributed by atoms with Crippen molar-refractivity contribution in [2.75, 3.05) is 6.54 Å². The molecule has 0 saturated heterocycles. The van der Waals surface area contributed by atoms with Crippen LogP contribution >= 0.6 is 0 Å². The van der Waals surface area contributed by atoms with Crippen LogP contribution in [0.5, 0.6) is 0 Å². The van der Waals surface area contributed by atoms with Gasteiger partial charge in [-0.05, 0) is 46.0 Å². The lowest BCUT2D eigenvalue weighted by Gasteiger charge is -2.28. The molecule has 0 aliphatic rings. The lowest BCUT2D eigenvalue weighted by Crippen LogP contribution is -2.39. The molecular formula is C17H24N2O. The third-order valence-corrected chi connectivity index (χ3v) is 3.52. The fourth-order valence-electron chi connectivity index (χ4n) is 2.36. The fraction of sp³-hybridized carbons (Fsp3) is 0.471. The van der Waals surface area contributed by atoms with Crippen LogP contribution < -0.4 is 5.32 Å². The SMILES string of the molecule is CC(C)(C)NCCC(C)(O)c1cncc2ccccc12. The molecule has 1 aromatic carbocycles. The second-order valence-electron chi connectivity index (χ2n) is 6.61. The minimum absolute atomic E-state index is 0.0626. The van der Waals surface area contributed by atoms with Gasteiger partial charge in [-0.25, -0.2) is 0 Å². The standard InChI is InChI=1S/C17H24N2O/c1-16(2,3)19-10-9-17(4,20)15-12-18-11-13-7-5-6-8-14(13)15/h5-8,11-12,19-20H,9-10H2,1-4H3. The number of pyridine rings is 1. The molecule has 3 heteroatoms. The van der Waals surface area contributed by atoms with Crippen molar-refractivity contribution in [2.45, 2.75) is 45.3 Å². The second-order valence-corrected chi connectivity index (χ2v) is 6.61. The van der Waals surface area contributed by atoms with Gasteiger partial charge in [-0.3, -0.25) is 4.98 Å². The quantitative estimate of drug-likeness (QED) is 0.898. The number of aliphatic hydroxyl groups is 1. The third-order valence-electron chi connectivity index (χ3n) is 3.52. The van der Waals surface area contributed by atoms with Gasteiger partial charge < -0.3 is 10.4 Å². The number of rotatable bonds is 4. The Morgan fingerprint density at radius 2 is 1.80 bits per heavy atom. The molecule has 2 aromatic rings. The van der Waals surface area contributed by atoms with E-state index in [0.29, 0.717) is 6.42 Å². The highest BCUT2D eigenvalue weighted by Gasteiger charge is 2.25. The first-order valence-electron chi connectivity index (χ1n) is 7.10. The molecule has 0 saturated carbocycles. The smallest absolute Gasteiger partial charge is 0.0901 e. The van der Waals surface area contributed by atoms with Crippen LogP contribution in [-0.2, 0) is 5.60 Å². The van der Waals surface area contributed by atoms with Crippen LogP contribution in [-0.4, -0.2) is 22.2 Å². The van der Waals surface area contributed by atoms with E-state index in [9.17, 15) is 5.11 Å². The van der Waals surface area contributed by atoms with Crippen LogP contribution in [0.15, 0.2) is 36.7 Å². The first-order chi connectivity index (χ1) is 9.30. The molecule has 0 aliphatic carbocycles. The molecule has 1 heterocycles. The van der Waals surface area contributed by atoms with Gasteiger partial charge in [0.2, 0.25) is 0 Å². The molecule has 2 rings (SSSR count). The summed E-state index contributed by atoms with van der Waals surface area (Å²) in [4.78, 5) is 4.26. The Hall–Kier alpha value is -1.45. The molecule has 1 aromatic heterocycles. The van der Waals surface area contributed by atoms with Gasteiger partial charge in [0.05, 0.1) is 5.60 Å². The highest BCUT2D eigenvalue weighted by Crippen LogP contribution is 2.30. The van der Waals surface area contributed by atoms with Crippen molar-refractivity contribution < 1.29 is 5.11 Å². The van der Waals surface area contributed by atoms with Gasteiger partial charge in [-0.15, -0.1) is 0 Å². The Balaban J connectivity index is 2.23. The van der Waals surface area contributed by atoms with Crippen molar-refractivity contribution in [3.05, 3.63) is 42.2 Å².